The van der Waals surface area contributed by atoms with Gasteiger partial charge in [0, 0.05) is 36.3 Å². The molecule has 0 saturated heterocycles. The molecule has 0 spiro atoms. The number of halogens is 2. The van der Waals surface area contributed by atoms with Crippen molar-refractivity contribution in [2.24, 2.45) is 0 Å². The van der Waals surface area contributed by atoms with Gasteiger partial charge in [-0.2, -0.15) is 0 Å². The number of hydrogen-bond acceptors (Lipinski definition) is 4. The van der Waals surface area contributed by atoms with Crippen LogP contribution in [0.15, 0.2) is 46.8 Å². The van der Waals surface area contributed by atoms with Crippen molar-refractivity contribution in [2.75, 3.05) is 32.1 Å². The Kier molecular flexibility index (Phi) is 8.67. The molecule has 0 fully saturated rings. The molecule has 1 aromatic rings. The van der Waals surface area contributed by atoms with Gasteiger partial charge in [0.2, 0.25) is 5.91 Å². The van der Waals surface area contributed by atoms with Crippen molar-refractivity contribution in [3.8, 4) is 0 Å². The number of anilines is 1. The van der Waals surface area contributed by atoms with Gasteiger partial charge in [-0.3, -0.25) is 4.79 Å². The zero-order valence-corrected chi connectivity index (χ0v) is 17.1. The molecular weight excluding hydrogens is 381 g/mol. The molecule has 0 radical (unpaired) electrons. The van der Waals surface area contributed by atoms with Crippen molar-refractivity contribution >= 4 is 29.5 Å². The van der Waals surface area contributed by atoms with Crippen LogP contribution in [-0.4, -0.2) is 45.4 Å². The average Bonchev–Trinajstić information content (AvgIpc) is 2.68. The van der Waals surface area contributed by atoms with Crippen LogP contribution in [0.4, 0.5) is 10.1 Å². The molecule has 1 amide bonds. The summed E-state index contributed by atoms with van der Waals surface area (Å²) in [5.74, 6) is -0.338. The van der Waals surface area contributed by atoms with Crippen LogP contribution in [0.5, 0.6) is 0 Å². The molecule has 1 aromatic carbocycles. The number of rotatable bonds is 10. The van der Waals surface area contributed by atoms with Crippen molar-refractivity contribution in [3.63, 3.8) is 0 Å². The summed E-state index contributed by atoms with van der Waals surface area (Å²) in [6.07, 6.45) is 4.46. The number of amides is 1. The molecule has 2 N–H and O–H groups in total. The van der Waals surface area contributed by atoms with Crippen LogP contribution in [-0.2, 0) is 16.0 Å². The monoisotopic (exact) mass is 407 g/mol. The van der Waals surface area contributed by atoms with Crippen molar-refractivity contribution < 1.29 is 14.0 Å². The number of aryl methyl sites for hydroxylation is 1. The molecule has 0 aromatic heterocycles. The fourth-order valence-corrected chi connectivity index (χ4v) is 3.43. The van der Waals surface area contributed by atoms with E-state index in [1.807, 2.05) is 36.2 Å². The summed E-state index contributed by atoms with van der Waals surface area (Å²) >= 11 is 6.07. The van der Waals surface area contributed by atoms with Gasteiger partial charge in [-0.1, -0.05) is 29.8 Å². The molecule has 2 rings (SSSR count). The van der Waals surface area contributed by atoms with E-state index in [0.717, 1.165) is 17.5 Å². The van der Waals surface area contributed by atoms with E-state index in [4.69, 9.17) is 11.6 Å². The third-order valence-electron chi connectivity index (χ3n) is 4.65. The van der Waals surface area contributed by atoms with Crippen LogP contribution in [0.1, 0.15) is 24.8 Å². The van der Waals surface area contributed by atoms with Gasteiger partial charge in [0.05, 0.1) is 12.6 Å². The van der Waals surface area contributed by atoms with E-state index in [9.17, 15) is 14.0 Å². The number of benzene rings is 1. The summed E-state index contributed by atoms with van der Waals surface area (Å²) in [5, 5.41) is 6.13. The first-order valence-corrected chi connectivity index (χ1v) is 9.74. The minimum atomic E-state index is -0.542. The standard InChI is InChI=1S/C21H27ClFN3O2/c1-24-12-21(28)25-18(14-27)9-7-15-5-3-4-6-20(15)26(2)13-16-11-17(22)8-10-19(16)23/h3-6,11,14,18,24H,7-10,12-13H2,1-2H3,(H,25,28). The van der Waals surface area contributed by atoms with Gasteiger partial charge in [-0.05, 0) is 44.0 Å². The molecule has 28 heavy (non-hydrogen) atoms. The van der Waals surface area contributed by atoms with Crippen molar-refractivity contribution in [2.45, 2.75) is 31.7 Å². The summed E-state index contributed by atoms with van der Waals surface area (Å²) in [6, 6.07) is 7.27. The third kappa shape index (κ3) is 6.46. The maximum absolute atomic E-state index is 14.1. The topological polar surface area (TPSA) is 61.4 Å². The summed E-state index contributed by atoms with van der Waals surface area (Å²) in [7, 11) is 3.58. The quantitative estimate of drug-likeness (QED) is 0.585. The zero-order chi connectivity index (χ0) is 20.5. The molecule has 1 unspecified atom stereocenters. The Morgan fingerprint density at radius 1 is 1.36 bits per heavy atom. The number of nitrogens with one attached hydrogen (secondary N) is 2. The first kappa shape index (κ1) is 22.1. The normalized spacial score (nSPS) is 15.1. The molecule has 0 bridgehead atoms. The number of para-hydroxylation sites is 1. The summed E-state index contributed by atoms with van der Waals surface area (Å²) in [4.78, 5) is 25.0. The predicted octanol–water partition coefficient (Wildman–Crippen LogP) is 3.10. The highest BCUT2D eigenvalue weighted by Gasteiger charge is 2.17. The van der Waals surface area contributed by atoms with Gasteiger partial charge in [0.1, 0.15) is 12.1 Å². The Morgan fingerprint density at radius 2 is 2.11 bits per heavy atom. The van der Waals surface area contributed by atoms with Crippen LogP contribution in [0.3, 0.4) is 0 Å². The predicted molar refractivity (Wildman–Crippen MR) is 111 cm³/mol. The second-order valence-electron chi connectivity index (χ2n) is 6.89. The number of allylic oxidation sites excluding steroid dienone is 2. The number of aldehydes is 1. The lowest BCUT2D eigenvalue weighted by molar-refractivity contribution is -0.123. The van der Waals surface area contributed by atoms with Gasteiger partial charge in [0.25, 0.3) is 0 Å². The third-order valence-corrected chi connectivity index (χ3v) is 4.94. The molecule has 0 saturated carbocycles. The molecule has 7 heteroatoms. The van der Waals surface area contributed by atoms with Crippen LogP contribution < -0.4 is 15.5 Å². The van der Waals surface area contributed by atoms with Crippen LogP contribution in [0, 0.1) is 0 Å². The summed E-state index contributed by atoms with van der Waals surface area (Å²) < 4.78 is 14.1. The van der Waals surface area contributed by atoms with E-state index >= 15 is 0 Å². The molecule has 0 heterocycles. The van der Waals surface area contributed by atoms with Gasteiger partial charge in [-0.15, -0.1) is 0 Å². The van der Waals surface area contributed by atoms with Crippen LogP contribution >= 0.6 is 11.6 Å². The van der Waals surface area contributed by atoms with E-state index < -0.39 is 6.04 Å². The minimum absolute atomic E-state index is 0.123. The molecule has 152 valence electrons. The van der Waals surface area contributed by atoms with E-state index in [1.165, 1.54) is 0 Å². The Hall–Kier alpha value is -2.18. The average molecular weight is 408 g/mol. The Morgan fingerprint density at radius 3 is 2.82 bits per heavy atom. The molecule has 1 aliphatic rings. The van der Waals surface area contributed by atoms with Gasteiger partial charge >= 0.3 is 0 Å². The van der Waals surface area contributed by atoms with E-state index in [1.54, 1.807) is 13.1 Å². The van der Waals surface area contributed by atoms with E-state index in [2.05, 4.69) is 10.6 Å². The van der Waals surface area contributed by atoms with Crippen molar-refractivity contribution in [1.82, 2.24) is 10.6 Å². The maximum Gasteiger partial charge on any atom is 0.234 e. The summed E-state index contributed by atoms with van der Waals surface area (Å²) in [5.41, 5.74) is 2.59. The fourth-order valence-electron chi connectivity index (χ4n) is 3.20. The van der Waals surface area contributed by atoms with Crippen molar-refractivity contribution in [3.05, 3.63) is 52.3 Å². The van der Waals surface area contributed by atoms with E-state index in [0.29, 0.717) is 42.8 Å². The second-order valence-corrected chi connectivity index (χ2v) is 7.37. The highest BCUT2D eigenvalue weighted by atomic mass is 35.5. The smallest absolute Gasteiger partial charge is 0.234 e. The van der Waals surface area contributed by atoms with Gasteiger partial charge in [0.15, 0.2) is 0 Å². The first-order valence-electron chi connectivity index (χ1n) is 9.36. The molecule has 0 aliphatic heterocycles. The lowest BCUT2D eigenvalue weighted by Crippen LogP contribution is -2.40. The van der Waals surface area contributed by atoms with Crippen LogP contribution in [0.2, 0.25) is 0 Å². The van der Waals surface area contributed by atoms with Gasteiger partial charge < -0.3 is 20.3 Å². The number of carbonyl (C=O) groups is 2. The second kappa shape index (κ2) is 11.0. The Balaban J connectivity index is 2.05. The molecule has 1 atom stereocenters. The zero-order valence-electron chi connectivity index (χ0n) is 16.3. The lowest BCUT2D eigenvalue weighted by atomic mass is 10.0. The lowest BCUT2D eigenvalue weighted by Gasteiger charge is -2.25. The largest absolute Gasteiger partial charge is 0.370 e. The highest BCUT2D eigenvalue weighted by molar-refractivity contribution is 6.29. The van der Waals surface area contributed by atoms with Crippen molar-refractivity contribution in [1.29, 1.82) is 0 Å². The SMILES string of the molecule is CNCC(=O)NC(C=O)CCc1ccccc1N(C)CC1=C(F)CCC(Cl)=C1. The minimum Gasteiger partial charge on any atom is -0.370 e. The Labute approximate surface area is 170 Å². The fraction of sp³-hybridized carbons (Fsp3) is 0.429. The number of hydrogen-bond donors (Lipinski definition) is 2. The number of carbonyl (C=O) groups excluding carboxylic acids is 2. The summed E-state index contributed by atoms with van der Waals surface area (Å²) in [6.45, 7) is 0.579. The maximum atomic E-state index is 14.1. The molecule has 1 aliphatic carbocycles. The first-order chi connectivity index (χ1) is 13.4. The highest BCUT2D eigenvalue weighted by Crippen LogP contribution is 2.29. The molecule has 5 nitrogen and oxygen atoms in total. The Bertz CT molecular complexity index is 764. The van der Waals surface area contributed by atoms with Crippen LogP contribution in [0.25, 0.3) is 0 Å². The van der Waals surface area contributed by atoms with Gasteiger partial charge in [-0.25, -0.2) is 4.39 Å². The number of nitrogens with zero attached hydrogens (tertiary/aromatic N) is 1. The number of likely N-dealkylation sites (N-methyl/N-ethyl adjacent to an activating group) is 2. The molecular formula is C21H27ClFN3O2. The van der Waals surface area contributed by atoms with E-state index in [-0.39, 0.29) is 18.3 Å².